The number of likely N-dealkylation sites (tertiary alicyclic amines) is 1. The molecule has 0 atom stereocenters. The topological polar surface area (TPSA) is 141 Å². The van der Waals surface area contributed by atoms with Gasteiger partial charge in [0.1, 0.15) is 5.82 Å². The summed E-state index contributed by atoms with van der Waals surface area (Å²) in [7, 11) is 1.91. The number of fused-ring (bicyclic) bond motifs is 3. The van der Waals surface area contributed by atoms with E-state index in [1.807, 2.05) is 29.9 Å². The van der Waals surface area contributed by atoms with E-state index in [-0.39, 0.29) is 23.7 Å². The van der Waals surface area contributed by atoms with E-state index >= 15 is 0 Å². The molecule has 3 N–H and O–H groups in total. The average molecular weight is 721 g/mol. The minimum Gasteiger partial charge on any atom is -0.351 e. The molecule has 2 aromatic heterocycles. The second-order valence-corrected chi connectivity index (χ2v) is 16.1. The molecule has 3 saturated heterocycles. The average Bonchev–Trinajstić information content (AvgIpc) is 3.83. The van der Waals surface area contributed by atoms with Crippen LogP contribution in [0.3, 0.4) is 0 Å². The molecule has 1 saturated carbocycles. The SMILES string of the molecule is Cc1c(CN2CCC(c3ccc4c(N5CCC(=O)NC5=O)nn(C)c4c3)CC2)cccc1SN1CCC(Nc2ncc3c(n2)NC(=O)C32CC2)CC1. The summed E-state index contributed by atoms with van der Waals surface area (Å²) in [6, 6.07) is 13.1. The molecule has 2 aromatic carbocycles. The lowest BCUT2D eigenvalue weighted by Crippen LogP contribution is -2.49. The van der Waals surface area contributed by atoms with E-state index in [0.29, 0.717) is 36.1 Å². The van der Waals surface area contributed by atoms with Gasteiger partial charge in [0.15, 0.2) is 5.82 Å². The van der Waals surface area contributed by atoms with Crippen LogP contribution in [0.5, 0.6) is 0 Å². The summed E-state index contributed by atoms with van der Waals surface area (Å²) < 4.78 is 4.32. The molecule has 1 aliphatic carbocycles. The molecule has 0 bridgehead atoms. The molecule has 0 unspecified atom stereocenters. The number of urea groups is 1. The fourth-order valence-electron chi connectivity index (χ4n) is 8.35. The van der Waals surface area contributed by atoms with Gasteiger partial charge in [0.25, 0.3) is 0 Å². The number of hydrogen-bond donors (Lipinski definition) is 3. The van der Waals surface area contributed by atoms with Crippen molar-refractivity contribution in [3.8, 4) is 0 Å². The summed E-state index contributed by atoms with van der Waals surface area (Å²) in [6.45, 7) is 7.59. The monoisotopic (exact) mass is 720 g/mol. The van der Waals surface area contributed by atoms with Gasteiger partial charge in [-0.3, -0.25) is 29.4 Å². The molecule has 52 heavy (non-hydrogen) atoms. The summed E-state index contributed by atoms with van der Waals surface area (Å²) in [5, 5.41) is 14.5. The Balaban J connectivity index is 0.774. The molecule has 4 fully saturated rings. The smallest absolute Gasteiger partial charge is 0.329 e. The highest BCUT2D eigenvalue weighted by Crippen LogP contribution is 2.54. The highest BCUT2D eigenvalue weighted by Gasteiger charge is 2.57. The lowest BCUT2D eigenvalue weighted by atomic mass is 9.88. The van der Waals surface area contributed by atoms with Gasteiger partial charge in [-0.05, 0) is 111 Å². The number of anilines is 3. The first-order valence-electron chi connectivity index (χ1n) is 18.5. The number of nitrogens with zero attached hydrogens (tertiary/aromatic N) is 7. The van der Waals surface area contributed by atoms with Gasteiger partial charge in [0.05, 0.1) is 10.9 Å². The third-order valence-corrected chi connectivity index (χ3v) is 13.0. The number of carbonyl (C=O) groups is 3. The van der Waals surface area contributed by atoms with Crippen molar-refractivity contribution >= 4 is 58.3 Å². The summed E-state index contributed by atoms with van der Waals surface area (Å²) in [5.41, 5.74) is 5.67. The van der Waals surface area contributed by atoms with Crippen LogP contribution in [-0.2, 0) is 28.6 Å². The van der Waals surface area contributed by atoms with Crippen LogP contribution in [0.4, 0.5) is 22.4 Å². The molecule has 13 nitrogen and oxygen atoms in total. The van der Waals surface area contributed by atoms with Gasteiger partial charge in [0, 0.05) is 67.7 Å². The Morgan fingerprint density at radius 1 is 0.981 bits per heavy atom. The van der Waals surface area contributed by atoms with Crippen molar-refractivity contribution in [3.63, 3.8) is 0 Å². The Bertz CT molecular complexity index is 2080. The minimum atomic E-state index is -0.410. The number of aromatic nitrogens is 4. The Morgan fingerprint density at radius 2 is 1.79 bits per heavy atom. The van der Waals surface area contributed by atoms with Crippen LogP contribution in [0.2, 0.25) is 0 Å². The number of carbonyl (C=O) groups excluding carboxylic acids is 3. The van der Waals surface area contributed by atoms with Crippen LogP contribution >= 0.6 is 11.9 Å². The molecule has 1 spiro atoms. The first kappa shape index (κ1) is 33.3. The maximum absolute atomic E-state index is 12.5. The predicted octanol–water partition coefficient (Wildman–Crippen LogP) is 5.06. The van der Waals surface area contributed by atoms with Crippen molar-refractivity contribution in [3.05, 3.63) is 64.8 Å². The standard InChI is InChI=1S/C38H44N10O3S/c1-23-26(4-3-5-31(23)52-47-17-10-27(11-18-47)40-36-39-21-29-33(43-36)42-35(50)38(29)13-14-38)22-46-15-8-24(9-16-46)25-6-7-28-30(20-25)45(2)44-34(28)48-19-12-32(49)41-37(48)51/h3-7,20-21,24,27H,8-19,22H2,1-2H3,(H,41,49,51)(H2,39,40,42,43,50). The molecular weight excluding hydrogens is 677 g/mol. The fourth-order valence-corrected chi connectivity index (χ4v) is 9.43. The van der Waals surface area contributed by atoms with E-state index in [2.05, 4.69) is 83.5 Å². The molecular formula is C38H44N10O3S. The van der Waals surface area contributed by atoms with Crippen molar-refractivity contribution in [1.29, 1.82) is 0 Å². The first-order valence-corrected chi connectivity index (χ1v) is 19.3. The number of amides is 4. The summed E-state index contributed by atoms with van der Waals surface area (Å²) in [5.74, 6) is 2.18. The van der Waals surface area contributed by atoms with Gasteiger partial charge in [-0.2, -0.15) is 10.1 Å². The molecule has 4 aliphatic heterocycles. The lowest BCUT2D eigenvalue weighted by Gasteiger charge is -2.33. The molecule has 4 aromatic rings. The molecule has 4 amide bonds. The van der Waals surface area contributed by atoms with Crippen molar-refractivity contribution < 1.29 is 14.4 Å². The number of benzene rings is 2. The van der Waals surface area contributed by atoms with Crippen molar-refractivity contribution in [2.45, 2.75) is 80.7 Å². The Morgan fingerprint density at radius 3 is 2.56 bits per heavy atom. The maximum atomic E-state index is 12.5. The molecule has 270 valence electrons. The number of piperidine rings is 2. The molecule has 14 heteroatoms. The van der Waals surface area contributed by atoms with E-state index in [0.717, 1.165) is 87.7 Å². The van der Waals surface area contributed by atoms with Gasteiger partial charge >= 0.3 is 6.03 Å². The quantitative estimate of drug-likeness (QED) is 0.212. The van der Waals surface area contributed by atoms with Crippen molar-refractivity contribution in [2.24, 2.45) is 7.05 Å². The van der Waals surface area contributed by atoms with Gasteiger partial charge in [-0.15, -0.1) is 0 Å². The van der Waals surface area contributed by atoms with Crippen LogP contribution in [-0.4, -0.2) is 85.6 Å². The van der Waals surface area contributed by atoms with Gasteiger partial charge in [-0.25, -0.2) is 14.1 Å². The van der Waals surface area contributed by atoms with E-state index in [4.69, 9.17) is 0 Å². The Hall–Kier alpha value is -4.53. The number of imide groups is 1. The highest BCUT2D eigenvalue weighted by molar-refractivity contribution is 7.97. The Kier molecular flexibility index (Phi) is 8.43. The molecule has 9 rings (SSSR count). The minimum absolute atomic E-state index is 0.0721. The van der Waals surface area contributed by atoms with Gasteiger partial charge < -0.3 is 10.6 Å². The summed E-state index contributed by atoms with van der Waals surface area (Å²) in [4.78, 5) is 51.2. The number of rotatable bonds is 8. The summed E-state index contributed by atoms with van der Waals surface area (Å²) in [6.07, 6.45) is 8.09. The number of aryl methyl sites for hydroxylation is 1. The predicted molar refractivity (Wildman–Crippen MR) is 200 cm³/mol. The second-order valence-electron chi connectivity index (χ2n) is 15.0. The van der Waals surface area contributed by atoms with E-state index in [9.17, 15) is 14.4 Å². The van der Waals surface area contributed by atoms with E-state index < -0.39 is 6.03 Å². The van der Waals surface area contributed by atoms with Crippen LogP contribution in [0, 0.1) is 6.92 Å². The number of nitrogens with one attached hydrogen (secondary N) is 3. The Labute approximate surface area is 307 Å². The van der Waals surface area contributed by atoms with Crippen LogP contribution in [0.25, 0.3) is 10.9 Å². The normalized spacial score (nSPS) is 21.1. The zero-order valence-corrected chi connectivity index (χ0v) is 30.5. The van der Waals surface area contributed by atoms with Crippen LogP contribution in [0.1, 0.15) is 73.1 Å². The zero-order chi connectivity index (χ0) is 35.6. The largest absolute Gasteiger partial charge is 0.351 e. The van der Waals surface area contributed by atoms with Crippen molar-refractivity contribution in [1.82, 2.24) is 34.3 Å². The lowest BCUT2D eigenvalue weighted by molar-refractivity contribution is -0.120. The third kappa shape index (κ3) is 6.09. The van der Waals surface area contributed by atoms with E-state index in [1.54, 1.807) is 4.90 Å². The number of hydrogen-bond acceptors (Lipinski definition) is 10. The second kappa shape index (κ2) is 13.2. The third-order valence-electron chi connectivity index (χ3n) is 11.8. The summed E-state index contributed by atoms with van der Waals surface area (Å²) >= 11 is 1.87. The van der Waals surface area contributed by atoms with Crippen LogP contribution in [0.15, 0.2) is 47.5 Å². The van der Waals surface area contributed by atoms with Gasteiger partial charge in [0.2, 0.25) is 17.8 Å². The molecule has 5 aliphatic rings. The van der Waals surface area contributed by atoms with Crippen LogP contribution < -0.4 is 20.9 Å². The molecule has 0 radical (unpaired) electrons. The van der Waals surface area contributed by atoms with E-state index in [1.165, 1.54) is 21.6 Å². The zero-order valence-electron chi connectivity index (χ0n) is 29.7. The molecule has 6 heterocycles. The van der Waals surface area contributed by atoms with Gasteiger partial charge in [-0.1, -0.05) is 18.2 Å². The van der Waals surface area contributed by atoms with Crippen molar-refractivity contribution in [2.75, 3.05) is 48.3 Å². The maximum Gasteiger partial charge on any atom is 0.329 e. The first-order chi connectivity index (χ1) is 25.2. The fraction of sp³-hybridized carbons (Fsp3) is 0.474. The highest BCUT2D eigenvalue weighted by atomic mass is 32.2.